The van der Waals surface area contributed by atoms with Crippen molar-refractivity contribution >= 4 is 5.82 Å². The summed E-state index contributed by atoms with van der Waals surface area (Å²) in [5.74, 6) is -0.543. The molecule has 0 saturated carbocycles. The minimum absolute atomic E-state index is 0.0413. The van der Waals surface area contributed by atoms with Crippen LogP contribution in [-0.2, 0) is 10.9 Å². The van der Waals surface area contributed by atoms with Gasteiger partial charge >= 0.3 is 6.18 Å². The largest absolute Gasteiger partial charge is 0.507 e. The molecule has 168 valence electrons. The summed E-state index contributed by atoms with van der Waals surface area (Å²) in [7, 11) is 1.97. The Morgan fingerprint density at radius 2 is 1.94 bits per heavy atom. The minimum Gasteiger partial charge on any atom is -0.507 e. The standard InChI is InChI=1S/C20H21F5N4O2/c1-28-5-4-16-14(10-28)29(6-7-31-16)17-9-13(19(21)22)18(27-26-17)12-3-2-11(8-15(12)30)20(23,24)25/h2-3,8-9,14,16,19,30H,4-7,10H2,1H3/t14-,16+/m0/s1. The first kappa shape index (κ1) is 21.7. The van der Waals surface area contributed by atoms with E-state index in [0.29, 0.717) is 31.8 Å². The number of halogens is 5. The number of rotatable bonds is 3. The van der Waals surface area contributed by atoms with E-state index in [-0.39, 0.29) is 29.2 Å². The van der Waals surface area contributed by atoms with Crippen LogP contribution in [-0.4, -0.2) is 65.6 Å². The van der Waals surface area contributed by atoms with Crippen molar-refractivity contribution in [2.45, 2.75) is 31.2 Å². The number of hydrogen-bond donors (Lipinski definition) is 1. The number of phenolic OH excluding ortho intramolecular Hbond substituents is 1. The van der Waals surface area contributed by atoms with E-state index in [2.05, 4.69) is 15.1 Å². The lowest BCUT2D eigenvalue weighted by Gasteiger charge is -2.46. The molecule has 2 aliphatic rings. The van der Waals surface area contributed by atoms with Crippen LogP contribution in [0.15, 0.2) is 24.3 Å². The van der Waals surface area contributed by atoms with E-state index in [9.17, 15) is 27.1 Å². The molecule has 2 fully saturated rings. The molecule has 2 atom stereocenters. The number of hydrogen-bond acceptors (Lipinski definition) is 6. The molecule has 0 aliphatic carbocycles. The number of aromatic nitrogens is 2. The first-order chi connectivity index (χ1) is 14.6. The first-order valence-electron chi connectivity index (χ1n) is 9.78. The monoisotopic (exact) mass is 444 g/mol. The summed E-state index contributed by atoms with van der Waals surface area (Å²) in [6.45, 7) is 2.43. The molecular formula is C20H21F5N4O2. The highest BCUT2D eigenvalue weighted by Gasteiger charge is 2.37. The van der Waals surface area contributed by atoms with Gasteiger partial charge in [-0.05, 0) is 37.7 Å². The molecule has 0 radical (unpaired) electrons. The van der Waals surface area contributed by atoms with Gasteiger partial charge in [0.15, 0.2) is 5.82 Å². The Balaban J connectivity index is 1.71. The van der Waals surface area contributed by atoms with Crippen LogP contribution in [0.3, 0.4) is 0 Å². The number of likely N-dealkylation sites (N-methyl/N-ethyl adjacent to an activating group) is 1. The number of fused-ring (bicyclic) bond motifs is 1. The molecule has 2 saturated heterocycles. The van der Waals surface area contributed by atoms with Crippen LogP contribution in [0, 0.1) is 0 Å². The van der Waals surface area contributed by atoms with Crippen LogP contribution in [0.2, 0.25) is 0 Å². The number of benzene rings is 1. The zero-order chi connectivity index (χ0) is 22.3. The maximum absolute atomic E-state index is 13.9. The van der Waals surface area contributed by atoms with Crippen LogP contribution < -0.4 is 4.90 Å². The van der Waals surface area contributed by atoms with E-state index in [0.717, 1.165) is 19.0 Å². The SMILES string of the molecule is CN1CC[C@H]2OCCN(c3cc(C(F)F)c(-c4ccc(C(F)(F)F)cc4O)nn3)[C@H]2C1. The molecule has 2 aliphatic heterocycles. The second kappa shape index (κ2) is 8.19. The Labute approximate surface area is 175 Å². The highest BCUT2D eigenvalue weighted by molar-refractivity contribution is 5.71. The first-order valence-corrected chi connectivity index (χ1v) is 9.78. The average Bonchev–Trinajstić information content (AvgIpc) is 2.72. The van der Waals surface area contributed by atoms with Gasteiger partial charge in [-0.15, -0.1) is 10.2 Å². The highest BCUT2D eigenvalue weighted by Crippen LogP contribution is 2.39. The van der Waals surface area contributed by atoms with Gasteiger partial charge in [0.2, 0.25) is 0 Å². The maximum Gasteiger partial charge on any atom is 0.416 e. The van der Waals surface area contributed by atoms with Crippen LogP contribution in [0.1, 0.15) is 24.0 Å². The van der Waals surface area contributed by atoms with Gasteiger partial charge in [-0.2, -0.15) is 13.2 Å². The van der Waals surface area contributed by atoms with Crippen LogP contribution in [0.25, 0.3) is 11.3 Å². The van der Waals surface area contributed by atoms with Crippen molar-refractivity contribution in [1.82, 2.24) is 15.1 Å². The molecule has 4 rings (SSSR count). The minimum atomic E-state index is -4.67. The molecule has 1 aromatic carbocycles. The van der Waals surface area contributed by atoms with Gasteiger partial charge < -0.3 is 19.6 Å². The summed E-state index contributed by atoms with van der Waals surface area (Å²) in [4.78, 5) is 4.01. The molecule has 2 aromatic rings. The van der Waals surface area contributed by atoms with E-state index < -0.39 is 29.5 Å². The lowest BCUT2D eigenvalue weighted by Crippen LogP contribution is -2.59. The fraction of sp³-hybridized carbons (Fsp3) is 0.500. The number of phenols is 1. The zero-order valence-corrected chi connectivity index (χ0v) is 16.6. The number of aromatic hydroxyl groups is 1. The third-order valence-corrected chi connectivity index (χ3v) is 5.71. The number of likely N-dealkylation sites (tertiary alicyclic amines) is 1. The topological polar surface area (TPSA) is 61.7 Å². The van der Waals surface area contributed by atoms with Gasteiger partial charge in [0.1, 0.15) is 11.4 Å². The molecule has 6 nitrogen and oxygen atoms in total. The summed E-state index contributed by atoms with van der Waals surface area (Å²) < 4.78 is 72.1. The normalized spacial score (nSPS) is 22.6. The number of piperidine rings is 1. The van der Waals surface area contributed by atoms with Crippen molar-refractivity contribution in [3.05, 3.63) is 35.4 Å². The smallest absolute Gasteiger partial charge is 0.416 e. The molecule has 0 bridgehead atoms. The molecule has 0 unspecified atom stereocenters. The lowest BCUT2D eigenvalue weighted by atomic mass is 9.98. The Kier molecular flexibility index (Phi) is 5.73. The summed E-state index contributed by atoms with van der Waals surface area (Å²) in [6, 6.07) is 3.25. The van der Waals surface area contributed by atoms with Crippen molar-refractivity contribution in [3.63, 3.8) is 0 Å². The Bertz CT molecular complexity index is 956. The Morgan fingerprint density at radius 1 is 1.16 bits per heavy atom. The Morgan fingerprint density at radius 3 is 2.61 bits per heavy atom. The predicted molar refractivity (Wildman–Crippen MR) is 102 cm³/mol. The predicted octanol–water partition coefficient (Wildman–Crippen LogP) is 3.71. The molecule has 3 heterocycles. The quantitative estimate of drug-likeness (QED) is 0.729. The summed E-state index contributed by atoms with van der Waals surface area (Å²) in [5, 5.41) is 18.0. The molecular weight excluding hydrogens is 423 g/mol. The lowest BCUT2D eigenvalue weighted by molar-refractivity contribution is -0.137. The van der Waals surface area contributed by atoms with Crippen molar-refractivity contribution in [3.8, 4) is 17.0 Å². The zero-order valence-electron chi connectivity index (χ0n) is 16.6. The van der Waals surface area contributed by atoms with E-state index in [1.165, 1.54) is 6.07 Å². The van der Waals surface area contributed by atoms with Gasteiger partial charge in [0, 0.05) is 30.8 Å². The summed E-state index contributed by atoms with van der Waals surface area (Å²) >= 11 is 0. The fourth-order valence-electron chi connectivity index (χ4n) is 4.13. The number of anilines is 1. The highest BCUT2D eigenvalue weighted by atomic mass is 19.4. The number of alkyl halides is 5. The molecule has 1 aromatic heterocycles. The third kappa shape index (κ3) is 4.29. The van der Waals surface area contributed by atoms with Crippen molar-refractivity contribution < 1.29 is 31.8 Å². The van der Waals surface area contributed by atoms with Crippen molar-refractivity contribution in [2.75, 3.05) is 38.2 Å². The van der Waals surface area contributed by atoms with Gasteiger partial charge in [0.25, 0.3) is 6.43 Å². The number of ether oxygens (including phenoxy) is 1. The fourth-order valence-corrected chi connectivity index (χ4v) is 4.13. The van der Waals surface area contributed by atoms with Gasteiger partial charge in [-0.3, -0.25) is 0 Å². The summed E-state index contributed by atoms with van der Waals surface area (Å²) in [5.41, 5.74) is -2.18. The van der Waals surface area contributed by atoms with Crippen LogP contribution >= 0.6 is 0 Å². The average molecular weight is 444 g/mol. The molecule has 11 heteroatoms. The second-order valence-corrected chi connectivity index (χ2v) is 7.76. The van der Waals surface area contributed by atoms with E-state index >= 15 is 0 Å². The maximum atomic E-state index is 13.9. The Hall–Kier alpha value is -2.53. The summed E-state index contributed by atoms with van der Waals surface area (Å²) in [6.07, 6.45) is -6.86. The number of morpholine rings is 1. The van der Waals surface area contributed by atoms with E-state index in [1.807, 2.05) is 11.9 Å². The third-order valence-electron chi connectivity index (χ3n) is 5.71. The molecule has 0 amide bonds. The van der Waals surface area contributed by atoms with E-state index in [4.69, 9.17) is 4.74 Å². The molecule has 1 N–H and O–H groups in total. The van der Waals surface area contributed by atoms with Gasteiger partial charge in [0.05, 0.1) is 24.3 Å². The van der Waals surface area contributed by atoms with E-state index in [1.54, 1.807) is 0 Å². The van der Waals surface area contributed by atoms with Gasteiger partial charge in [-0.1, -0.05) is 0 Å². The van der Waals surface area contributed by atoms with Crippen LogP contribution in [0.4, 0.5) is 27.8 Å². The van der Waals surface area contributed by atoms with Crippen LogP contribution in [0.5, 0.6) is 5.75 Å². The molecule has 0 spiro atoms. The van der Waals surface area contributed by atoms with Crippen molar-refractivity contribution in [2.24, 2.45) is 0 Å². The van der Waals surface area contributed by atoms with Gasteiger partial charge in [-0.25, -0.2) is 8.78 Å². The number of nitrogens with zero attached hydrogens (tertiary/aromatic N) is 4. The van der Waals surface area contributed by atoms with Crippen molar-refractivity contribution in [1.29, 1.82) is 0 Å². The second-order valence-electron chi connectivity index (χ2n) is 7.76. The molecule has 31 heavy (non-hydrogen) atoms.